The maximum Gasteiger partial charge on any atom is 0.419 e. The fourth-order valence-electron chi connectivity index (χ4n) is 3.52. The van der Waals surface area contributed by atoms with Crippen molar-refractivity contribution in [2.75, 3.05) is 6.54 Å². The molecule has 1 aliphatic rings. The van der Waals surface area contributed by atoms with Gasteiger partial charge in [0.25, 0.3) is 0 Å². The number of benzene rings is 1. The Kier molecular flexibility index (Phi) is 5.81. The molecule has 4 aromatic rings. The summed E-state index contributed by atoms with van der Waals surface area (Å²) in [5.74, 6) is -0.434. The number of aromatic nitrogens is 3. The van der Waals surface area contributed by atoms with Crippen LogP contribution in [0.4, 0.5) is 17.6 Å². The third kappa shape index (κ3) is 4.92. The van der Waals surface area contributed by atoms with E-state index in [1.807, 2.05) is 0 Å². The summed E-state index contributed by atoms with van der Waals surface area (Å²) in [5, 5.41) is 4.77. The van der Waals surface area contributed by atoms with Gasteiger partial charge in [-0.1, -0.05) is 0 Å². The second kappa shape index (κ2) is 8.95. The van der Waals surface area contributed by atoms with Crippen molar-refractivity contribution >= 4 is 16.9 Å². The number of carbonyl (C=O) groups is 1. The summed E-state index contributed by atoms with van der Waals surface area (Å²) in [6.07, 6.45) is -1.07. The van der Waals surface area contributed by atoms with Crippen molar-refractivity contribution in [3.8, 4) is 17.3 Å². The van der Waals surface area contributed by atoms with Crippen LogP contribution in [0.5, 0.6) is 5.95 Å². The number of rotatable bonds is 6. The molecule has 1 aliphatic heterocycles. The number of hydroxylamine groups is 2. The fraction of sp³-hybridized carbons (Fsp3) is 0.217. The fourth-order valence-corrected chi connectivity index (χ4v) is 3.52. The molecule has 1 saturated heterocycles. The third-order valence-corrected chi connectivity index (χ3v) is 5.43. The number of nitrogens with zero attached hydrogens (tertiary/aromatic N) is 4. The lowest BCUT2D eigenvalue weighted by molar-refractivity contribution is -0.177. The maximum absolute atomic E-state index is 13.4. The molecule has 0 saturated carbocycles. The average molecular weight is 487 g/mol. The van der Waals surface area contributed by atoms with Crippen LogP contribution in [0.1, 0.15) is 17.7 Å². The van der Waals surface area contributed by atoms with E-state index in [9.17, 15) is 22.4 Å². The Morgan fingerprint density at radius 1 is 1.14 bits per heavy atom. The number of hydrogen-bond donors (Lipinski definition) is 1. The van der Waals surface area contributed by atoms with Gasteiger partial charge < -0.3 is 14.6 Å². The van der Waals surface area contributed by atoms with Crippen LogP contribution in [-0.2, 0) is 17.5 Å². The number of alkyl halides is 3. The number of nitrogens with one attached hydrogen (secondary N) is 1. The smallest absolute Gasteiger partial charge is 0.419 e. The number of furan rings is 1. The summed E-state index contributed by atoms with van der Waals surface area (Å²) in [7, 11) is 0. The van der Waals surface area contributed by atoms with E-state index in [0.717, 1.165) is 0 Å². The van der Waals surface area contributed by atoms with Crippen LogP contribution in [-0.4, -0.2) is 38.5 Å². The first-order valence-corrected chi connectivity index (χ1v) is 10.5. The summed E-state index contributed by atoms with van der Waals surface area (Å²) in [5.41, 5.74) is 0.467. The van der Waals surface area contributed by atoms with E-state index in [-0.39, 0.29) is 24.2 Å². The summed E-state index contributed by atoms with van der Waals surface area (Å²) >= 11 is 0. The number of pyridine rings is 1. The molecule has 35 heavy (non-hydrogen) atoms. The van der Waals surface area contributed by atoms with Gasteiger partial charge in [0.1, 0.15) is 17.4 Å². The minimum Gasteiger partial charge on any atom is -0.424 e. The zero-order valence-electron chi connectivity index (χ0n) is 17.9. The average Bonchev–Trinajstić information content (AvgIpc) is 3.22. The highest BCUT2D eigenvalue weighted by Crippen LogP contribution is 2.30. The molecule has 3 aromatic heterocycles. The molecule has 4 heterocycles. The van der Waals surface area contributed by atoms with Crippen LogP contribution < -0.4 is 10.2 Å². The van der Waals surface area contributed by atoms with Gasteiger partial charge in [-0.2, -0.15) is 13.2 Å². The van der Waals surface area contributed by atoms with E-state index >= 15 is 0 Å². The molecular weight excluding hydrogens is 470 g/mol. The van der Waals surface area contributed by atoms with Crippen molar-refractivity contribution in [2.45, 2.75) is 25.2 Å². The van der Waals surface area contributed by atoms with E-state index in [2.05, 4.69) is 20.3 Å². The van der Waals surface area contributed by atoms with Gasteiger partial charge in [-0.25, -0.2) is 14.4 Å². The van der Waals surface area contributed by atoms with Gasteiger partial charge in [0.2, 0.25) is 5.91 Å². The van der Waals surface area contributed by atoms with Crippen LogP contribution in [0.25, 0.3) is 22.4 Å². The topological polar surface area (TPSA) is 93.4 Å². The molecule has 1 N–H and O–H groups in total. The first-order chi connectivity index (χ1) is 16.8. The zero-order chi connectivity index (χ0) is 24.6. The molecular formula is C23H17F4N5O3. The Bertz CT molecular complexity index is 1370. The van der Waals surface area contributed by atoms with Crippen LogP contribution in [0.15, 0.2) is 59.4 Å². The van der Waals surface area contributed by atoms with E-state index in [1.165, 1.54) is 29.5 Å². The molecule has 5 rings (SSSR count). The van der Waals surface area contributed by atoms with E-state index in [1.54, 1.807) is 18.2 Å². The van der Waals surface area contributed by atoms with Crippen molar-refractivity contribution < 1.29 is 31.6 Å². The molecule has 12 heteroatoms. The van der Waals surface area contributed by atoms with Gasteiger partial charge in [-0.3, -0.25) is 9.78 Å². The standard InChI is InChI=1S/C23H17F4N5O3/c24-16-1-2-19-14(7-16)9-20(34-19)35-32-6-4-18(32)22(33)31-12-17-8-13(3-5-28-17)21-29-10-15(11-30-21)23(25,26)27/h1-3,5,7-11,18H,4,6,12H2,(H,31,33). The molecule has 1 unspecified atom stereocenters. The largest absolute Gasteiger partial charge is 0.424 e. The molecule has 8 nitrogen and oxygen atoms in total. The van der Waals surface area contributed by atoms with Crippen LogP contribution in [0, 0.1) is 5.82 Å². The lowest BCUT2D eigenvalue weighted by Crippen LogP contribution is -2.57. The van der Waals surface area contributed by atoms with Crippen molar-refractivity contribution in [1.82, 2.24) is 25.3 Å². The van der Waals surface area contributed by atoms with Gasteiger partial charge in [0.05, 0.1) is 17.8 Å². The van der Waals surface area contributed by atoms with Crippen molar-refractivity contribution in [1.29, 1.82) is 0 Å². The first kappa shape index (κ1) is 22.7. The molecule has 180 valence electrons. The van der Waals surface area contributed by atoms with Crippen LogP contribution in [0.2, 0.25) is 0 Å². The quantitative estimate of drug-likeness (QED) is 0.409. The lowest BCUT2D eigenvalue weighted by Gasteiger charge is -2.37. The van der Waals surface area contributed by atoms with E-state index < -0.39 is 23.6 Å². The second-order valence-electron chi connectivity index (χ2n) is 7.83. The normalized spacial score (nSPS) is 16.2. The van der Waals surface area contributed by atoms with Gasteiger partial charge in [0.15, 0.2) is 5.82 Å². The predicted molar refractivity (Wildman–Crippen MR) is 114 cm³/mol. The second-order valence-corrected chi connectivity index (χ2v) is 7.83. The Balaban J connectivity index is 1.19. The molecule has 1 fully saturated rings. The summed E-state index contributed by atoms with van der Waals surface area (Å²) in [6.45, 7) is 0.587. The molecule has 1 amide bonds. The highest BCUT2D eigenvalue weighted by Gasteiger charge is 2.37. The van der Waals surface area contributed by atoms with E-state index in [0.29, 0.717) is 47.6 Å². The monoisotopic (exact) mass is 487 g/mol. The minimum atomic E-state index is -4.52. The zero-order valence-corrected chi connectivity index (χ0v) is 17.9. The third-order valence-electron chi connectivity index (χ3n) is 5.43. The highest BCUT2D eigenvalue weighted by molar-refractivity contribution is 5.82. The van der Waals surface area contributed by atoms with Crippen molar-refractivity contribution in [3.63, 3.8) is 0 Å². The lowest BCUT2D eigenvalue weighted by atomic mass is 10.1. The van der Waals surface area contributed by atoms with Crippen molar-refractivity contribution in [3.05, 3.63) is 72.1 Å². The minimum absolute atomic E-state index is 0.0849. The predicted octanol–water partition coefficient (Wildman–Crippen LogP) is 4.13. The van der Waals surface area contributed by atoms with Gasteiger partial charge >= 0.3 is 12.1 Å². The summed E-state index contributed by atoms with van der Waals surface area (Å²) in [6, 6.07) is 8.24. The van der Waals surface area contributed by atoms with Gasteiger partial charge in [-0.05, 0) is 36.8 Å². The van der Waals surface area contributed by atoms with E-state index in [4.69, 9.17) is 9.25 Å². The molecule has 0 radical (unpaired) electrons. The molecule has 1 atom stereocenters. The number of carbonyl (C=O) groups excluding carboxylic acids is 1. The SMILES string of the molecule is O=C(NCc1cc(-c2ncc(C(F)(F)F)cn2)ccn1)C1CCN1Oc1cc2cc(F)ccc2o1. The number of fused-ring (bicyclic) bond motifs is 1. The Morgan fingerprint density at radius 2 is 1.94 bits per heavy atom. The Labute approximate surface area is 195 Å². The van der Waals surface area contributed by atoms with Gasteiger partial charge in [0, 0.05) is 42.2 Å². The van der Waals surface area contributed by atoms with Crippen LogP contribution in [0.3, 0.4) is 0 Å². The summed E-state index contributed by atoms with van der Waals surface area (Å²) < 4.78 is 57.0. The first-order valence-electron chi connectivity index (χ1n) is 10.5. The number of halogens is 4. The van der Waals surface area contributed by atoms with Crippen LogP contribution >= 0.6 is 0 Å². The number of amides is 1. The molecule has 0 spiro atoms. The maximum atomic E-state index is 13.4. The molecule has 0 bridgehead atoms. The molecule has 1 aromatic carbocycles. The Hall–Kier alpha value is -4.06. The van der Waals surface area contributed by atoms with Gasteiger partial charge in [-0.15, -0.1) is 5.06 Å². The highest BCUT2D eigenvalue weighted by atomic mass is 19.4. The van der Waals surface area contributed by atoms with Crippen molar-refractivity contribution in [2.24, 2.45) is 0 Å². The Morgan fingerprint density at radius 3 is 2.66 bits per heavy atom. The molecule has 0 aliphatic carbocycles. The summed E-state index contributed by atoms with van der Waals surface area (Å²) in [4.78, 5) is 30.0. The number of hydrogen-bond acceptors (Lipinski definition) is 7.